The van der Waals surface area contributed by atoms with Gasteiger partial charge in [-0.2, -0.15) is 0 Å². The number of aryl methyl sites for hydroxylation is 2. The Balaban J connectivity index is 1.79. The van der Waals surface area contributed by atoms with Gasteiger partial charge in [0.1, 0.15) is 5.82 Å². The number of rotatable bonds is 5. The van der Waals surface area contributed by atoms with Gasteiger partial charge in [-0.05, 0) is 43.2 Å². The zero-order valence-electron chi connectivity index (χ0n) is 16.7. The molecule has 0 spiro atoms. The summed E-state index contributed by atoms with van der Waals surface area (Å²) < 4.78 is 14.2. The fourth-order valence-electron chi connectivity index (χ4n) is 3.53. The molecule has 5 heteroatoms. The molecule has 1 aliphatic heterocycles. The Morgan fingerprint density at radius 3 is 2.27 bits per heavy atom. The summed E-state index contributed by atoms with van der Waals surface area (Å²) in [6, 6.07) is 21.5. The van der Waals surface area contributed by atoms with Gasteiger partial charge in [0.25, 0.3) is 11.8 Å². The second-order valence-electron chi connectivity index (χ2n) is 7.23. The van der Waals surface area contributed by atoms with E-state index in [1.54, 1.807) is 18.2 Å². The Morgan fingerprint density at radius 1 is 0.867 bits per heavy atom. The van der Waals surface area contributed by atoms with Crippen LogP contribution in [0, 0.1) is 19.7 Å². The number of hydrogen-bond acceptors (Lipinski definition) is 3. The Bertz CT molecular complexity index is 1170. The van der Waals surface area contributed by atoms with Crippen molar-refractivity contribution in [2.45, 2.75) is 25.3 Å². The average Bonchev–Trinajstić information content (AvgIpc) is 2.95. The fourth-order valence-corrected chi connectivity index (χ4v) is 4.55. The van der Waals surface area contributed by atoms with Crippen LogP contribution in [-0.4, -0.2) is 16.7 Å². The van der Waals surface area contributed by atoms with Gasteiger partial charge in [-0.3, -0.25) is 14.5 Å². The van der Waals surface area contributed by atoms with Crippen molar-refractivity contribution in [2.75, 3.05) is 0 Å². The Labute approximate surface area is 179 Å². The maximum Gasteiger partial charge on any atom is 0.268 e. The first-order chi connectivity index (χ1) is 14.5. The first-order valence-corrected chi connectivity index (χ1v) is 10.4. The lowest BCUT2D eigenvalue weighted by molar-refractivity contribution is -0.137. The Kier molecular flexibility index (Phi) is 5.55. The van der Waals surface area contributed by atoms with E-state index in [1.807, 2.05) is 62.4 Å². The molecule has 3 nitrogen and oxygen atoms in total. The van der Waals surface area contributed by atoms with Crippen molar-refractivity contribution < 1.29 is 14.0 Å². The molecular formula is C25H20FNO2S. The van der Waals surface area contributed by atoms with E-state index >= 15 is 0 Å². The third kappa shape index (κ3) is 3.81. The minimum absolute atomic E-state index is 0.0996. The van der Waals surface area contributed by atoms with Gasteiger partial charge in [-0.25, -0.2) is 4.39 Å². The van der Waals surface area contributed by atoms with Gasteiger partial charge in [0.2, 0.25) is 0 Å². The smallest absolute Gasteiger partial charge is 0.268 e. The number of hydrogen-bond donors (Lipinski definition) is 0. The zero-order valence-corrected chi connectivity index (χ0v) is 17.5. The summed E-state index contributed by atoms with van der Waals surface area (Å²) in [6.07, 6.45) is 0. The lowest BCUT2D eigenvalue weighted by Crippen LogP contribution is -2.31. The molecule has 0 saturated carbocycles. The van der Waals surface area contributed by atoms with E-state index in [0.717, 1.165) is 26.5 Å². The minimum Gasteiger partial charge on any atom is -0.269 e. The molecule has 0 aliphatic carbocycles. The molecular weight excluding hydrogens is 397 g/mol. The van der Waals surface area contributed by atoms with Crippen molar-refractivity contribution in [3.63, 3.8) is 0 Å². The summed E-state index contributed by atoms with van der Waals surface area (Å²) in [7, 11) is 0. The van der Waals surface area contributed by atoms with Crippen molar-refractivity contribution >= 4 is 29.1 Å². The maximum absolute atomic E-state index is 14.2. The molecule has 150 valence electrons. The van der Waals surface area contributed by atoms with Crippen molar-refractivity contribution in [3.8, 4) is 0 Å². The standard InChI is InChI=1S/C25H20FNO2S/c1-16-12-13-20(17(2)14-16)22-23(30-19-9-4-3-5-10-19)25(29)27(24(22)28)15-18-8-6-7-11-21(18)26/h3-14H,15H2,1-2H3. The van der Waals surface area contributed by atoms with Gasteiger partial charge >= 0.3 is 0 Å². The average molecular weight is 418 g/mol. The van der Waals surface area contributed by atoms with Gasteiger partial charge in [0.05, 0.1) is 17.0 Å². The number of carbonyl (C=O) groups is 2. The number of nitrogens with zero attached hydrogens (tertiary/aromatic N) is 1. The zero-order chi connectivity index (χ0) is 21.3. The maximum atomic E-state index is 14.2. The van der Waals surface area contributed by atoms with Gasteiger partial charge < -0.3 is 0 Å². The molecule has 2 amide bonds. The third-order valence-corrected chi connectivity index (χ3v) is 6.12. The van der Waals surface area contributed by atoms with Gasteiger partial charge in [-0.15, -0.1) is 0 Å². The molecule has 0 radical (unpaired) electrons. The van der Waals surface area contributed by atoms with Gasteiger partial charge in [0.15, 0.2) is 0 Å². The predicted octanol–water partition coefficient (Wildman–Crippen LogP) is 5.51. The highest BCUT2D eigenvalue weighted by Crippen LogP contribution is 2.41. The lowest BCUT2D eigenvalue weighted by atomic mass is 9.99. The summed E-state index contributed by atoms with van der Waals surface area (Å²) in [6.45, 7) is 3.81. The molecule has 0 unspecified atom stereocenters. The highest BCUT2D eigenvalue weighted by Gasteiger charge is 2.40. The monoisotopic (exact) mass is 417 g/mol. The van der Waals surface area contributed by atoms with Crippen LogP contribution in [0.2, 0.25) is 0 Å². The molecule has 0 atom stereocenters. The van der Waals surface area contributed by atoms with Gasteiger partial charge in [-0.1, -0.05) is 71.9 Å². The molecule has 3 aromatic rings. The number of thioether (sulfide) groups is 1. The molecule has 0 aromatic heterocycles. The van der Waals surface area contributed by atoms with E-state index in [1.165, 1.54) is 17.8 Å². The van der Waals surface area contributed by atoms with Crippen LogP contribution < -0.4 is 0 Å². The second kappa shape index (κ2) is 8.28. The molecule has 1 aliphatic rings. The normalized spacial score (nSPS) is 14.0. The highest BCUT2D eigenvalue weighted by atomic mass is 32.2. The van der Waals surface area contributed by atoms with Crippen LogP contribution in [0.4, 0.5) is 4.39 Å². The summed E-state index contributed by atoms with van der Waals surface area (Å²) in [5.74, 6) is -1.23. The second-order valence-corrected chi connectivity index (χ2v) is 8.31. The van der Waals surface area contributed by atoms with Crippen LogP contribution in [0.15, 0.2) is 82.6 Å². The minimum atomic E-state index is -0.435. The van der Waals surface area contributed by atoms with Crippen molar-refractivity contribution in [1.29, 1.82) is 0 Å². The highest BCUT2D eigenvalue weighted by molar-refractivity contribution is 8.04. The number of halogens is 1. The van der Waals surface area contributed by atoms with E-state index in [9.17, 15) is 14.0 Å². The van der Waals surface area contributed by atoms with E-state index in [2.05, 4.69) is 0 Å². The first-order valence-electron chi connectivity index (χ1n) is 9.60. The summed E-state index contributed by atoms with van der Waals surface area (Å²) in [5.41, 5.74) is 3.42. The molecule has 0 fully saturated rings. The predicted molar refractivity (Wildman–Crippen MR) is 117 cm³/mol. The third-order valence-electron chi connectivity index (χ3n) is 5.03. The SMILES string of the molecule is Cc1ccc(C2=C(Sc3ccccc3)C(=O)N(Cc3ccccc3F)C2=O)c(C)c1. The molecule has 30 heavy (non-hydrogen) atoms. The number of imide groups is 1. The molecule has 1 heterocycles. The van der Waals surface area contributed by atoms with E-state index in [4.69, 9.17) is 0 Å². The molecule has 4 rings (SSSR count). The lowest BCUT2D eigenvalue weighted by Gasteiger charge is -2.16. The fraction of sp³-hybridized carbons (Fsp3) is 0.120. The largest absolute Gasteiger partial charge is 0.269 e. The van der Waals surface area contributed by atoms with Gasteiger partial charge in [0, 0.05) is 10.5 Å². The van der Waals surface area contributed by atoms with E-state index < -0.39 is 17.6 Å². The summed E-state index contributed by atoms with van der Waals surface area (Å²) in [4.78, 5) is 29.1. The van der Waals surface area contributed by atoms with Crippen LogP contribution in [0.3, 0.4) is 0 Å². The molecule has 0 saturated heterocycles. The van der Waals surface area contributed by atoms with Crippen LogP contribution >= 0.6 is 11.8 Å². The number of benzene rings is 3. The summed E-state index contributed by atoms with van der Waals surface area (Å²) in [5, 5.41) is 0. The molecule has 0 N–H and O–H groups in total. The van der Waals surface area contributed by atoms with Crippen LogP contribution in [0.5, 0.6) is 0 Å². The van der Waals surface area contributed by atoms with E-state index in [-0.39, 0.29) is 6.54 Å². The topological polar surface area (TPSA) is 37.4 Å². The Morgan fingerprint density at radius 2 is 1.57 bits per heavy atom. The van der Waals surface area contributed by atoms with Crippen LogP contribution in [0.1, 0.15) is 22.3 Å². The number of amides is 2. The first kappa shape index (κ1) is 20.1. The van der Waals surface area contributed by atoms with Crippen LogP contribution in [0.25, 0.3) is 5.57 Å². The molecule has 0 bridgehead atoms. The molecule has 3 aromatic carbocycles. The Hall–Kier alpha value is -3.18. The quantitative estimate of drug-likeness (QED) is 0.514. The number of carbonyl (C=O) groups excluding carboxylic acids is 2. The van der Waals surface area contributed by atoms with Crippen molar-refractivity contribution in [2.24, 2.45) is 0 Å². The van der Waals surface area contributed by atoms with E-state index in [0.29, 0.717) is 16.0 Å². The summed E-state index contributed by atoms with van der Waals surface area (Å²) >= 11 is 1.27. The van der Waals surface area contributed by atoms with Crippen molar-refractivity contribution in [1.82, 2.24) is 4.90 Å². The van der Waals surface area contributed by atoms with Crippen LogP contribution in [-0.2, 0) is 16.1 Å². The van der Waals surface area contributed by atoms with Crippen molar-refractivity contribution in [3.05, 3.63) is 106 Å².